The quantitative estimate of drug-likeness (QED) is 0.855. The number of rotatable bonds is 5. The van der Waals surface area contributed by atoms with Gasteiger partial charge in [-0.2, -0.15) is 0 Å². The Morgan fingerprint density at radius 2 is 1.78 bits per heavy atom. The molecule has 2 aromatic carbocycles. The minimum Gasteiger partial charge on any atom is -0.378 e. The number of quaternary nitrogens is 1. The van der Waals surface area contributed by atoms with Crippen LogP contribution >= 0.6 is 11.8 Å². The SMILES string of the molecule is Cc1ccc(SC[C@H]2C[NH2+][C@H](c3ccc(N(C)C)cc3)O2)cc1. The predicted molar refractivity (Wildman–Crippen MR) is 97.1 cm³/mol. The number of thioether (sulfide) groups is 1. The summed E-state index contributed by atoms with van der Waals surface area (Å²) in [6, 6.07) is 17.4. The number of benzene rings is 2. The van der Waals surface area contributed by atoms with Gasteiger partial charge in [-0.3, -0.25) is 0 Å². The average molecular weight is 329 g/mol. The zero-order chi connectivity index (χ0) is 16.2. The van der Waals surface area contributed by atoms with Gasteiger partial charge >= 0.3 is 0 Å². The van der Waals surface area contributed by atoms with Crippen LogP contribution in [-0.2, 0) is 4.74 Å². The monoisotopic (exact) mass is 329 g/mol. The summed E-state index contributed by atoms with van der Waals surface area (Å²) in [4.78, 5) is 3.43. The molecule has 3 nitrogen and oxygen atoms in total. The Morgan fingerprint density at radius 1 is 1.09 bits per heavy atom. The molecule has 0 saturated carbocycles. The molecule has 1 aliphatic heterocycles. The fraction of sp³-hybridized carbons (Fsp3) is 0.368. The van der Waals surface area contributed by atoms with Gasteiger partial charge in [0.25, 0.3) is 0 Å². The number of hydrogen-bond acceptors (Lipinski definition) is 3. The van der Waals surface area contributed by atoms with Crippen molar-refractivity contribution in [3.05, 3.63) is 59.7 Å². The molecule has 1 heterocycles. The fourth-order valence-electron chi connectivity index (χ4n) is 2.70. The molecule has 0 bridgehead atoms. The normalized spacial score (nSPS) is 20.7. The Labute approximate surface area is 143 Å². The molecule has 4 heteroatoms. The highest BCUT2D eigenvalue weighted by atomic mass is 32.2. The molecule has 3 rings (SSSR count). The number of anilines is 1. The van der Waals surface area contributed by atoms with Crippen molar-refractivity contribution in [3.8, 4) is 0 Å². The van der Waals surface area contributed by atoms with Gasteiger partial charge in [-0.15, -0.1) is 11.8 Å². The topological polar surface area (TPSA) is 29.1 Å². The Balaban J connectivity index is 1.52. The molecule has 23 heavy (non-hydrogen) atoms. The zero-order valence-corrected chi connectivity index (χ0v) is 14.8. The average Bonchev–Trinajstić information content (AvgIpc) is 3.03. The van der Waals surface area contributed by atoms with Crippen LogP contribution < -0.4 is 10.2 Å². The second kappa shape index (κ2) is 7.39. The lowest BCUT2D eigenvalue weighted by Crippen LogP contribution is -2.82. The maximum atomic E-state index is 6.20. The first kappa shape index (κ1) is 16.4. The predicted octanol–water partition coefficient (Wildman–Crippen LogP) is 2.81. The summed E-state index contributed by atoms with van der Waals surface area (Å²) in [6.45, 7) is 3.15. The first-order valence-electron chi connectivity index (χ1n) is 8.07. The summed E-state index contributed by atoms with van der Waals surface area (Å²) in [6.07, 6.45) is 0.439. The highest BCUT2D eigenvalue weighted by Gasteiger charge is 2.29. The first-order valence-corrected chi connectivity index (χ1v) is 9.06. The van der Waals surface area contributed by atoms with Crippen molar-refractivity contribution < 1.29 is 10.1 Å². The van der Waals surface area contributed by atoms with Gasteiger partial charge in [-0.1, -0.05) is 17.7 Å². The van der Waals surface area contributed by atoms with E-state index >= 15 is 0 Å². The molecular formula is C19H25N2OS+. The summed E-state index contributed by atoms with van der Waals surface area (Å²) in [5.41, 5.74) is 3.78. The molecular weight excluding hydrogens is 304 g/mol. The molecule has 2 atom stereocenters. The van der Waals surface area contributed by atoms with E-state index < -0.39 is 0 Å². The van der Waals surface area contributed by atoms with Crippen LogP contribution in [0, 0.1) is 6.92 Å². The first-order chi connectivity index (χ1) is 11.1. The summed E-state index contributed by atoms with van der Waals surface area (Å²) in [5, 5.41) is 2.30. The molecule has 1 aliphatic rings. The zero-order valence-electron chi connectivity index (χ0n) is 14.0. The van der Waals surface area contributed by atoms with E-state index in [1.807, 2.05) is 11.8 Å². The highest BCUT2D eigenvalue weighted by molar-refractivity contribution is 7.99. The van der Waals surface area contributed by atoms with Crippen molar-refractivity contribution in [2.45, 2.75) is 24.2 Å². The number of nitrogens with two attached hydrogens (primary N) is 1. The Kier molecular flexibility index (Phi) is 5.26. The van der Waals surface area contributed by atoms with Crippen LogP contribution in [0.25, 0.3) is 0 Å². The van der Waals surface area contributed by atoms with Crippen LogP contribution in [0.5, 0.6) is 0 Å². The summed E-state index contributed by atoms with van der Waals surface area (Å²) < 4.78 is 6.20. The molecule has 2 aromatic rings. The number of aryl methyl sites for hydroxylation is 1. The molecule has 122 valence electrons. The van der Waals surface area contributed by atoms with E-state index in [0.717, 1.165) is 12.3 Å². The van der Waals surface area contributed by atoms with Crippen LogP contribution in [0.3, 0.4) is 0 Å². The lowest BCUT2D eigenvalue weighted by Gasteiger charge is -2.14. The van der Waals surface area contributed by atoms with Crippen molar-refractivity contribution in [1.82, 2.24) is 0 Å². The van der Waals surface area contributed by atoms with Crippen molar-refractivity contribution in [1.29, 1.82) is 0 Å². The van der Waals surface area contributed by atoms with Gasteiger partial charge in [0, 0.05) is 36.0 Å². The van der Waals surface area contributed by atoms with Crippen molar-refractivity contribution in [2.75, 3.05) is 31.3 Å². The summed E-state index contributed by atoms with van der Waals surface area (Å²) >= 11 is 1.88. The molecule has 0 amide bonds. The van der Waals surface area contributed by atoms with Crippen LogP contribution in [0.2, 0.25) is 0 Å². The van der Waals surface area contributed by atoms with E-state index in [4.69, 9.17) is 4.74 Å². The van der Waals surface area contributed by atoms with Gasteiger partial charge in [0.2, 0.25) is 6.23 Å². The molecule has 0 spiro atoms. The third-order valence-corrected chi connectivity index (χ3v) is 5.29. The smallest absolute Gasteiger partial charge is 0.217 e. The molecule has 0 radical (unpaired) electrons. The number of nitrogens with zero attached hydrogens (tertiary/aromatic N) is 1. The molecule has 0 unspecified atom stereocenters. The molecule has 1 saturated heterocycles. The van der Waals surface area contributed by atoms with Crippen molar-refractivity contribution >= 4 is 17.4 Å². The Bertz CT molecular complexity index is 625. The lowest BCUT2D eigenvalue weighted by atomic mass is 10.2. The summed E-state index contributed by atoms with van der Waals surface area (Å²) in [5.74, 6) is 1.01. The minimum atomic E-state index is 0.134. The third-order valence-electron chi connectivity index (χ3n) is 4.15. The van der Waals surface area contributed by atoms with Gasteiger partial charge in [0.05, 0.1) is 0 Å². The van der Waals surface area contributed by atoms with Gasteiger partial charge in [-0.25, -0.2) is 0 Å². The molecule has 0 aromatic heterocycles. The largest absolute Gasteiger partial charge is 0.378 e. The Hall–Kier alpha value is -1.49. The van der Waals surface area contributed by atoms with Crippen LogP contribution in [-0.4, -0.2) is 32.5 Å². The second-order valence-electron chi connectivity index (χ2n) is 6.26. The highest BCUT2D eigenvalue weighted by Crippen LogP contribution is 2.24. The van der Waals surface area contributed by atoms with E-state index in [9.17, 15) is 0 Å². The molecule has 2 N–H and O–H groups in total. The van der Waals surface area contributed by atoms with E-state index in [2.05, 4.69) is 79.8 Å². The van der Waals surface area contributed by atoms with E-state index in [1.165, 1.54) is 21.7 Å². The lowest BCUT2D eigenvalue weighted by molar-refractivity contribution is -0.697. The van der Waals surface area contributed by atoms with Gasteiger partial charge in [0.1, 0.15) is 12.6 Å². The maximum absolute atomic E-state index is 6.20. The van der Waals surface area contributed by atoms with Crippen LogP contribution in [0.1, 0.15) is 17.4 Å². The van der Waals surface area contributed by atoms with Crippen LogP contribution in [0.4, 0.5) is 5.69 Å². The molecule has 1 fully saturated rings. The summed E-state index contributed by atoms with van der Waals surface area (Å²) in [7, 11) is 4.12. The van der Waals surface area contributed by atoms with Gasteiger partial charge in [-0.05, 0) is 43.3 Å². The van der Waals surface area contributed by atoms with Crippen molar-refractivity contribution in [2.24, 2.45) is 0 Å². The fourth-order valence-corrected chi connectivity index (χ4v) is 3.62. The standard InChI is InChI=1S/C19H24N2OS/c1-14-4-10-18(11-5-14)23-13-17-12-20-19(22-17)15-6-8-16(9-7-15)21(2)3/h4-11,17,19-20H,12-13H2,1-3H3/p+1/t17-,19+/m1/s1. The van der Waals surface area contributed by atoms with Gasteiger partial charge in [0.15, 0.2) is 0 Å². The van der Waals surface area contributed by atoms with E-state index in [0.29, 0.717) is 6.10 Å². The molecule has 0 aliphatic carbocycles. The maximum Gasteiger partial charge on any atom is 0.217 e. The number of ether oxygens (including phenoxy) is 1. The third kappa shape index (κ3) is 4.28. The van der Waals surface area contributed by atoms with E-state index in [-0.39, 0.29) is 6.23 Å². The van der Waals surface area contributed by atoms with Crippen molar-refractivity contribution in [3.63, 3.8) is 0 Å². The van der Waals surface area contributed by atoms with Gasteiger partial charge < -0.3 is 15.0 Å². The number of hydrogen-bond donors (Lipinski definition) is 1. The second-order valence-corrected chi connectivity index (χ2v) is 7.35. The Morgan fingerprint density at radius 3 is 2.43 bits per heavy atom. The van der Waals surface area contributed by atoms with Crippen LogP contribution in [0.15, 0.2) is 53.4 Å². The van der Waals surface area contributed by atoms with E-state index in [1.54, 1.807) is 0 Å². The minimum absolute atomic E-state index is 0.134.